The summed E-state index contributed by atoms with van der Waals surface area (Å²) >= 11 is 0. The second kappa shape index (κ2) is 9.04. The molecule has 1 heterocycles. The number of rotatable bonds is 8. The van der Waals surface area contributed by atoms with Crippen LogP contribution in [-0.2, 0) is 14.3 Å². The minimum atomic E-state index is -0.843. The number of anilines is 3. The number of carbonyl (C=O) groups is 3. The molecule has 10 heteroatoms. The molecule has 0 aromatic heterocycles. The van der Waals surface area contributed by atoms with Crippen LogP contribution in [0.4, 0.5) is 22.7 Å². The number of amides is 2. The van der Waals surface area contributed by atoms with Gasteiger partial charge in [0.2, 0.25) is 5.91 Å². The van der Waals surface area contributed by atoms with Crippen molar-refractivity contribution in [3.63, 3.8) is 0 Å². The average Bonchev–Trinajstić information content (AvgIpc) is 3.50. The minimum Gasteiger partial charge on any atom is -0.452 e. The van der Waals surface area contributed by atoms with Gasteiger partial charge in [-0.25, -0.2) is 4.79 Å². The number of benzene rings is 2. The van der Waals surface area contributed by atoms with Gasteiger partial charge in [0.25, 0.3) is 11.6 Å². The zero-order valence-electron chi connectivity index (χ0n) is 17.2. The number of nitrogens with zero attached hydrogens (tertiary/aromatic N) is 2. The fourth-order valence-electron chi connectivity index (χ4n) is 3.50. The van der Waals surface area contributed by atoms with E-state index in [0.717, 1.165) is 25.3 Å². The number of para-hydroxylation sites is 2. The van der Waals surface area contributed by atoms with E-state index in [-0.39, 0.29) is 23.2 Å². The van der Waals surface area contributed by atoms with Gasteiger partial charge in [0.1, 0.15) is 5.69 Å². The number of ether oxygens (including phenoxy) is 1. The second-order valence-electron chi connectivity index (χ2n) is 7.70. The summed E-state index contributed by atoms with van der Waals surface area (Å²) in [4.78, 5) is 49.1. The highest BCUT2D eigenvalue weighted by Gasteiger charge is 2.26. The van der Waals surface area contributed by atoms with Crippen molar-refractivity contribution in [1.29, 1.82) is 0 Å². The molecule has 1 aliphatic heterocycles. The van der Waals surface area contributed by atoms with E-state index in [2.05, 4.69) is 10.6 Å². The number of nitro benzene ring substituents is 1. The standard InChI is InChI=1S/C22H22N4O6/c27-20(24-16-4-1-2-5-18(16)25-11-3-6-21(25)28)13-32-22(29)14-7-10-17(23-15-8-9-15)19(12-14)26(30)31/h1-2,4-5,7,10,12,15,23H,3,6,8-9,11,13H2,(H,24,27). The first-order chi connectivity index (χ1) is 15.4. The smallest absolute Gasteiger partial charge is 0.338 e. The predicted molar refractivity (Wildman–Crippen MR) is 117 cm³/mol. The summed E-state index contributed by atoms with van der Waals surface area (Å²) in [6, 6.07) is 11.1. The van der Waals surface area contributed by atoms with Crippen molar-refractivity contribution >= 4 is 40.5 Å². The van der Waals surface area contributed by atoms with Crippen LogP contribution < -0.4 is 15.5 Å². The molecular weight excluding hydrogens is 416 g/mol. The minimum absolute atomic E-state index is 0.0145. The Kier molecular flexibility index (Phi) is 6.02. The maximum absolute atomic E-state index is 12.3. The summed E-state index contributed by atoms with van der Waals surface area (Å²) in [6.07, 6.45) is 3.11. The van der Waals surface area contributed by atoms with Gasteiger partial charge < -0.3 is 20.3 Å². The largest absolute Gasteiger partial charge is 0.452 e. The highest BCUT2D eigenvalue weighted by atomic mass is 16.6. The highest BCUT2D eigenvalue weighted by molar-refractivity contribution is 6.03. The van der Waals surface area contributed by atoms with Gasteiger partial charge in [-0.05, 0) is 43.5 Å². The van der Waals surface area contributed by atoms with Crippen LogP contribution in [0, 0.1) is 10.1 Å². The molecule has 166 valence electrons. The van der Waals surface area contributed by atoms with Gasteiger partial charge in [0.15, 0.2) is 6.61 Å². The first kappa shape index (κ1) is 21.3. The molecule has 2 amide bonds. The Balaban J connectivity index is 1.38. The monoisotopic (exact) mass is 438 g/mol. The maximum atomic E-state index is 12.3. The van der Waals surface area contributed by atoms with Crippen molar-refractivity contribution in [2.75, 3.05) is 28.7 Å². The molecule has 4 rings (SSSR count). The fraction of sp³-hybridized carbons (Fsp3) is 0.318. The Morgan fingerprint density at radius 3 is 2.62 bits per heavy atom. The van der Waals surface area contributed by atoms with Crippen LogP contribution in [0.15, 0.2) is 42.5 Å². The Morgan fingerprint density at radius 1 is 1.16 bits per heavy atom. The molecule has 0 radical (unpaired) electrons. The summed E-state index contributed by atoms with van der Waals surface area (Å²) < 4.78 is 5.04. The van der Waals surface area contributed by atoms with E-state index in [4.69, 9.17) is 4.74 Å². The number of esters is 1. The third-order valence-electron chi connectivity index (χ3n) is 5.24. The van der Waals surface area contributed by atoms with Crippen molar-refractivity contribution in [3.05, 3.63) is 58.1 Å². The topological polar surface area (TPSA) is 131 Å². The molecule has 2 aliphatic rings. The number of hydrogen-bond donors (Lipinski definition) is 2. The molecule has 10 nitrogen and oxygen atoms in total. The zero-order chi connectivity index (χ0) is 22.7. The zero-order valence-corrected chi connectivity index (χ0v) is 17.2. The lowest BCUT2D eigenvalue weighted by atomic mass is 10.1. The number of nitrogens with one attached hydrogen (secondary N) is 2. The average molecular weight is 438 g/mol. The van der Waals surface area contributed by atoms with Crippen LogP contribution in [0.5, 0.6) is 0 Å². The third-order valence-corrected chi connectivity index (χ3v) is 5.24. The van der Waals surface area contributed by atoms with Gasteiger partial charge in [-0.15, -0.1) is 0 Å². The first-order valence-corrected chi connectivity index (χ1v) is 10.3. The van der Waals surface area contributed by atoms with E-state index in [1.807, 2.05) is 0 Å². The summed E-state index contributed by atoms with van der Waals surface area (Å²) in [5, 5.41) is 17.1. The number of nitro groups is 1. The quantitative estimate of drug-likeness (QED) is 0.368. The lowest BCUT2D eigenvalue weighted by molar-refractivity contribution is -0.384. The summed E-state index contributed by atoms with van der Waals surface area (Å²) in [6.45, 7) is 0.00205. The Bertz CT molecular complexity index is 1080. The summed E-state index contributed by atoms with van der Waals surface area (Å²) in [5.74, 6) is -1.44. The van der Waals surface area contributed by atoms with Crippen molar-refractivity contribution < 1.29 is 24.0 Å². The predicted octanol–water partition coefficient (Wildman–Crippen LogP) is 3.09. The van der Waals surface area contributed by atoms with Gasteiger partial charge in [-0.1, -0.05) is 12.1 Å². The van der Waals surface area contributed by atoms with E-state index < -0.39 is 23.4 Å². The van der Waals surface area contributed by atoms with E-state index in [1.165, 1.54) is 12.1 Å². The van der Waals surface area contributed by atoms with Gasteiger partial charge in [-0.2, -0.15) is 0 Å². The van der Waals surface area contributed by atoms with Crippen LogP contribution in [-0.4, -0.2) is 41.9 Å². The number of hydrogen-bond acceptors (Lipinski definition) is 7. The summed E-state index contributed by atoms with van der Waals surface area (Å²) in [7, 11) is 0. The Labute approximate surface area is 183 Å². The summed E-state index contributed by atoms with van der Waals surface area (Å²) in [5.41, 5.74) is 1.13. The van der Waals surface area contributed by atoms with Crippen LogP contribution in [0.2, 0.25) is 0 Å². The lowest BCUT2D eigenvalue weighted by Gasteiger charge is -2.19. The second-order valence-corrected chi connectivity index (χ2v) is 7.70. The van der Waals surface area contributed by atoms with E-state index in [9.17, 15) is 24.5 Å². The molecule has 2 aromatic carbocycles. The normalized spacial score (nSPS) is 15.4. The molecule has 32 heavy (non-hydrogen) atoms. The molecule has 1 saturated heterocycles. The Morgan fingerprint density at radius 2 is 1.94 bits per heavy atom. The van der Waals surface area contributed by atoms with Crippen LogP contribution in [0.25, 0.3) is 0 Å². The van der Waals surface area contributed by atoms with E-state index >= 15 is 0 Å². The molecule has 2 aromatic rings. The van der Waals surface area contributed by atoms with Crippen LogP contribution >= 0.6 is 0 Å². The molecule has 0 unspecified atom stereocenters. The first-order valence-electron chi connectivity index (χ1n) is 10.3. The molecule has 2 N–H and O–H groups in total. The van der Waals surface area contributed by atoms with Gasteiger partial charge in [0, 0.05) is 25.1 Å². The van der Waals surface area contributed by atoms with Crippen LogP contribution in [0.3, 0.4) is 0 Å². The number of carbonyl (C=O) groups excluding carboxylic acids is 3. The van der Waals surface area contributed by atoms with E-state index in [0.29, 0.717) is 30.0 Å². The Hall–Kier alpha value is -3.95. The third kappa shape index (κ3) is 4.85. The van der Waals surface area contributed by atoms with Gasteiger partial charge in [0.05, 0.1) is 21.9 Å². The van der Waals surface area contributed by atoms with E-state index in [1.54, 1.807) is 29.2 Å². The molecule has 2 fully saturated rings. The molecular formula is C22H22N4O6. The van der Waals surface area contributed by atoms with Crippen molar-refractivity contribution in [3.8, 4) is 0 Å². The SMILES string of the molecule is O=C(COC(=O)c1ccc(NC2CC2)c([N+](=O)[O-])c1)Nc1ccccc1N1CCCC1=O. The van der Waals surface area contributed by atoms with Crippen molar-refractivity contribution in [2.45, 2.75) is 31.7 Å². The molecule has 1 saturated carbocycles. The molecule has 0 spiro atoms. The highest BCUT2D eigenvalue weighted by Crippen LogP contribution is 2.32. The fourth-order valence-corrected chi connectivity index (χ4v) is 3.50. The molecule has 1 aliphatic carbocycles. The van der Waals surface area contributed by atoms with Crippen molar-refractivity contribution in [1.82, 2.24) is 0 Å². The van der Waals surface area contributed by atoms with Gasteiger partial charge in [-0.3, -0.25) is 19.7 Å². The molecule has 0 atom stereocenters. The van der Waals surface area contributed by atoms with Gasteiger partial charge >= 0.3 is 5.97 Å². The molecule has 0 bridgehead atoms. The van der Waals surface area contributed by atoms with Crippen molar-refractivity contribution in [2.24, 2.45) is 0 Å². The lowest BCUT2D eigenvalue weighted by Crippen LogP contribution is -2.27. The van der Waals surface area contributed by atoms with Crippen LogP contribution in [0.1, 0.15) is 36.0 Å². The maximum Gasteiger partial charge on any atom is 0.338 e.